The number of sulfonamides is 1. The summed E-state index contributed by atoms with van der Waals surface area (Å²) in [6.45, 7) is 12.0. The summed E-state index contributed by atoms with van der Waals surface area (Å²) in [5, 5.41) is 2.70. The number of hydrogen-bond donors (Lipinski definition) is 2. The van der Waals surface area contributed by atoms with Gasteiger partial charge in [0.25, 0.3) is 0 Å². The number of nitrogens with zero attached hydrogens (tertiary/aromatic N) is 1. The fourth-order valence-electron chi connectivity index (χ4n) is 2.38. The number of anilines is 1. The van der Waals surface area contributed by atoms with Gasteiger partial charge in [-0.15, -0.1) is 0 Å². The zero-order valence-electron chi connectivity index (χ0n) is 16.5. The van der Waals surface area contributed by atoms with E-state index >= 15 is 0 Å². The molecule has 148 valence electrons. The Hall–Kier alpha value is -1.64. The van der Waals surface area contributed by atoms with Crippen LogP contribution < -0.4 is 15.8 Å². The minimum Gasteiger partial charge on any atom is -0.492 e. The average Bonchev–Trinajstić information content (AvgIpc) is 2.55. The lowest BCUT2D eigenvalue weighted by molar-refractivity contribution is -0.119. The Morgan fingerprint density at radius 1 is 1.23 bits per heavy atom. The second-order valence-electron chi connectivity index (χ2n) is 7.02. The van der Waals surface area contributed by atoms with Gasteiger partial charge in [-0.2, -0.15) is 4.31 Å². The molecule has 8 heteroatoms. The standard InChI is InChI=1S/C18H31N3O4S/c1-7-21(8-2)26(23,24)15-12-13(10-11-14(15)25-9-3)20-17(22)16(19)18(4,5)6/h10-12,16H,7-9,19H2,1-6H3,(H,20,22)/t16-/m1/s1. The number of rotatable bonds is 8. The first-order valence-corrected chi connectivity index (χ1v) is 10.3. The summed E-state index contributed by atoms with van der Waals surface area (Å²) in [7, 11) is -3.74. The van der Waals surface area contributed by atoms with Crippen molar-refractivity contribution in [3.05, 3.63) is 18.2 Å². The van der Waals surface area contributed by atoms with Crippen LogP contribution in [0.15, 0.2) is 23.1 Å². The van der Waals surface area contributed by atoms with Crippen LogP contribution in [0.3, 0.4) is 0 Å². The highest BCUT2D eigenvalue weighted by atomic mass is 32.2. The van der Waals surface area contributed by atoms with Crippen LogP contribution >= 0.6 is 0 Å². The molecule has 0 heterocycles. The molecule has 0 aromatic heterocycles. The minimum atomic E-state index is -3.74. The molecule has 0 unspecified atom stereocenters. The van der Waals surface area contributed by atoms with Crippen LogP contribution in [-0.2, 0) is 14.8 Å². The van der Waals surface area contributed by atoms with Crippen LogP contribution in [0.5, 0.6) is 5.75 Å². The molecule has 0 aliphatic rings. The van der Waals surface area contributed by atoms with E-state index in [0.717, 1.165) is 0 Å². The van der Waals surface area contributed by atoms with E-state index in [9.17, 15) is 13.2 Å². The van der Waals surface area contributed by atoms with Crippen LogP contribution in [0, 0.1) is 5.41 Å². The third-order valence-corrected chi connectivity index (χ3v) is 6.12. The van der Waals surface area contributed by atoms with E-state index in [1.165, 1.54) is 10.4 Å². The maximum Gasteiger partial charge on any atom is 0.246 e. The van der Waals surface area contributed by atoms with Crippen molar-refractivity contribution in [2.45, 2.75) is 52.5 Å². The lowest BCUT2D eigenvalue weighted by Crippen LogP contribution is -2.45. The number of hydrogen-bond acceptors (Lipinski definition) is 5. The highest BCUT2D eigenvalue weighted by Gasteiger charge is 2.29. The van der Waals surface area contributed by atoms with Gasteiger partial charge in [-0.05, 0) is 30.5 Å². The molecule has 1 rings (SSSR count). The van der Waals surface area contributed by atoms with E-state index < -0.39 is 21.5 Å². The van der Waals surface area contributed by atoms with E-state index in [-0.39, 0.29) is 16.6 Å². The van der Waals surface area contributed by atoms with Gasteiger partial charge in [-0.1, -0.05) is 34.6 Å². The van der Waals surface area contributed by atoms with E-state index in [4.69, 9.17) is 10.5 Å². The first-order valence-electron chi connectivity index (χ1n) is 8.82. The number of nitrogens with one attached hydrogen (secondary N) is 1. The third kappa shape index (κ3) is 5.18. The van der Waals surface area contributed by atoms with Crippen molar-refractivity contribution in [2.75, 3.05) is 25.0 Å². The molecule has 7 nitrogen and oxygen atoms in total. The smallest absolute Gasteiger partial charge is 0.246 e. The molecule has 0 bridgehead atoms. The largest absolute Gasteiger partial charge is 0.492 e. The van der Waals surface area contributed by atoms with E-state index in [1.807, 2.05) is 20.8 Å². The molecular weight excluding hydrogens is 354 g/mol. The van der Waals surface area contributed by atoms with Gasteiger partial charge in [-0.3, -0.25) is 4.79 Å². The first kappa shape index (κ1) is 22.4. The molecule has 0 saturated heterocycles. The van der Waals surface area contributed by atoms with Crippen LogP contribution in [0.2, 0.25) is 0 Å². The van der Waals surface area contributed by atoms with Crippen LogP contribution in [-0.4, -0.2) is 44.4 Å². The predicted octanol–water partition coefficient (Wildman–Crippen LogP) is 2.43. The van der Waals surface area contributed by atoms with E-state index in [2.05, 4.69) is 5.32 Å². The number of carbonyl (C=O) groups excluding carboxylic acids is 1. The average molecular weight is 386 g/mol. The molecular formula is C18H31N3O4S. The molecule has 1 aromatic rings. The van der Waals surface area contributed by atoms with Crippen molar-refractivity contribution in [3.63, 3.8) is 0 Å². The number of benzene rings is 1. The Morgan fingerprint density at radius 3 is 2.27 bits per heavy atom. The van der Waals surface area contributed by atoms with Crippen LogP contribution in [0.1, 0.15) is 41.5 Å². The second kappa shape index (κ2) is 8.83. The van der Waals surface area contributed by atoms with E-state index in [1.54, 1.807) is 32.9 Å². The molecule has 26 heavy (non-hydrogen) atoms. The second-order valence-corrected chi connectivity index (χ2v) is 8.92. The fourth-order valence-corrected chi connectivity index (χ4v) is 3.99. The quantitative estimate of drug-likeness (QED) is 0.715. The molecule has 0 radical (unpaired) electrons. The van der Waals surface area contributed by atoms with Crippen molar-refractivity contribution < 1.29 is 17.9 Å². The van der Waals surface area contributed by atoms with Gasteiger partial charge in [0.05, 0.1) is 12.6 Å². The predicted molar refractivity (Wildman–Crippen MR) is 104 cm³/mol. The van der Waals surface area contributed by atoms with Gasteiger partial charge in [-0.25, -0.2) is 8.42 Å². The molecule has 1 amide bonds. The number of amides is 1. The third-order valence-electron chi connectivity index (χ3n) is 4.05. The van der Waals surface area contributed by atoms with Crippen LogP contribution in [0.4, 0.5) is 5.69 Å². The molecule has 0 saturated carbocycles. The molecule has 3 N–H and O–H groups in total. The highest BCUT2D eigenvalue weighted by Crippen LogP contribution is 2.30. The van der Waals surface area contributed by atoms with Crippen LogP contribution in [0.25, 0.3) is 0 Å². The van der Waals surface area contributed by atoms with Crippen molar-refractivity contribution in [2.24, 2.45) is 11.1 Å². The minimum absolute atomic E-state index is 0.0326. The summed E-state index contributed by atoms with van der Waals surface area (Å²) in [5.41, 5.74) is 5.93. The normalized spacial score (nSPS) is 13.5. The summed E-state index contributed by atoms with van der Waals surface area (Å²) in [5.74, 6) is -0.106. The Labute approximate surface area is 156 Å². The molecule has 1 aromatic carbocycles. The number of carbonyl (C=O) groups is 1. The molecule has 1 atom stereocenters. The molecule has 0 fully saturated rings. The summed E-state index contributed by atoms with van der Waals surface area (Å²) in [6, 6.07) is 3.86. The lowest BCUT2D eigenvalue weighted by atomic mass is 9.87. The number of ether oxygens (including phenoxy) is 1. The van der Waals surface area contributed by atoms with Gasteiger partial charge >= 0.3 is 0 Å². The zero-order chi connectivity index (χ0) is 20.1. The Balaban J connectivity index is 3.30. The molecule has 0 aliphatic carbocycles. The van der Waals surface area contributed by atoms with Gasteiger partial charge in [0.15, 0.2) is 0 Å². The maximum absolute atomic E-state index is 12.9. The van der Waals surface area contributed by atoms with Gasteiger partial charge in [0.2, 0.25) is 15.9 Å². The van der Waals surface area contributed by atoms with Crippen molar-refractivity contribution >= 4 is 21.6 Å². The SMILES string of the molecule is CCOc1ccc(NC(=O)[C@@H](N)C(C)(C)C)cc1S(=O)(=O)N(CC)CC. The Kier molecular flexibility index (Phi) is 7.61. The number of nitrogens with two attached hydrogens (primary N) is 1. The van der Waals surface area contributed by atoms with Gasteiger partial charge < -0.3 is 15.8 Å². The Bertz CT molecular complexity index is 722. The summed E-state index contributed by atoms with van der Waals surface area (Å²) in [6.07, 6.45) is 0. The van der Waals surface area contributed by atoms with Gasteiger partial charge in [0, 0.05) is 18.8 Å². The zero-order valence-corrected chi connectivity index (χ0v) is 17.3. The van der Waals surface area contributed by atoms with Gasteiger partial charge in [0.1, 0.15) is 10.6 Å². The summed E-state index contributed by atoms with van der Waals surface area (Å²) in [4.78, 5) is 12.4. The topological polar surface area (TPSA) is 102 Å². The molecule has 0 spiro atoms. The summed E-state index contributed by atoms with van der Waals surface area (Å²) >= 11 is 0. The molecule has 0 aliphatic heterocycles. The van der Waals surface area contributed by atoms with E-state index in [0.29, 0.717) is 25.4 Å². The highest BCUT2D eigenvalue weighted by molar-refractivity contribution is 7.89. The van der Waals surface area contributed by atoms with Crippen molar-refractivity contribution in [1.82, 2.24) is 4.31 Å². The fraction of sp³-hybridized carbons (Fsp3) is 0.611. The Morgan fingerprint density at radius 2 is 1.81 bits per heavy atom. The lowest BCUT2D eigenvalue weighted by Gasteiger charge is -2.26. The summed E-state index contributed by atoms with van der Waals surface area (Å²) < 4.78 is 32.7. The maximum atomic E-state index is 12.9. The van der Waals surface area contributed by atoms with Crippen molar-refractivity contribution in [1.29, 1.82) is 0 Å². The van der Waals surface area contributed by atoms with Crippen molar-refractivity contribution in [3.8, 4) is 5.75 Å². The first-order chi connectivity index (χ1) is 12.0. The monoisotopic (exact) mass is 385 g/mol.